The van der Waals surface area contributed by atoms with Crippen molar-refractivity contribution in [2.24, 2.45) is 5.73 Å². The minimum atomic E-state index is -1.16. The molecule has 0 radical (unpaired) electrons. The second kappa shape index (κ2) is 9.32. The van der Waals surface area contributed by atoms with Gasteiger partial charge >= 0.3 is 11.8 Å². The van der Waals surface area contributed by atoms with Crippen LogP contribution in [-0.2, 0) is 27.3 Å². The number of benzene rings is 2. The molecule has 0 saturated heterocycles. The SMILES string of the molecule is NCc1ccc(O)cc1NC(=O)C(=O)N[C@@H](Cc1ccccc1)C(=O)NO. The zero-order valence-electron chi connectivity index (χ0n) is 14.3. The molecule has 142 valence electrons. The van der Waals surface area contributed by atoms with Gasteiger partial charge in [0.1, 0.15) is 11.8 Å². The van der Waals surface area contributed by atoms with E-state index < -0.39 is 23.8 Å². The third-order valence-corrected chi connectivity index (χ3v) is 3.78. The summed E-state index contributed by atoms with van der Waals surface area (Å²) in [4.78, 5) is 36.1. The van der Waals surface area contributed by atoms with Gasteiger partial charge in [-0.15, -0.1) is 0 Å². The highest BCUT2D eigenvalue weighted by atomic mass is 16.5. The molecule has 2 aromatic rings. The lowest BCUT2D eigenvalue weighted by atomic mass is 10.1. The van der Waals surface area contributed by atoms with Gasteiger partial charge in [-0.05, 0) is 17.2 Å². The van der Waals surface area contributed by atoms with E-state index in [1.54, 1.807) is 30.3 Å². The summed E-state index contributed by atoms with van der Waals surface area (Å²) >= 11 is 0. The van der Waals surface area contributed by atoms with Crippen LogP contribution in [0.4, 0.5) is 5.69 Å². The minimum absolute atomic E-state index is 0.0758. The molecule has 0 aliphatic carbocycles. The lowest BCUT2D eigenvalue weighted by Gasteiger charge is -2.17. The molecule has 9 heteroatoms. The maximum Gasteiger partial charge on any atom is 0.313 e. The Kier molecular flexibility index (Phi) is 6.86. The number of hydrogen-bond acceptors (Lipinski definition) is 6. The van der Waals surface area contributed by atoms with Crippen LogP contribution in [-0.4, -0.2) is 34.1 Å². The van der Waals surface area contributed by atoms with Gasteiger partial charge in [0.05, 0.1) is 0 Å². The first-order valence-electron chi connectivity index (χ1n) is 8.06. The van der Waals surface area contributed by atoms with Crippen molar-refractivity contribution in [3.05, 3.63) is 59.7 Å². The fourth-order valence-electron chi connectivity index (χ4n) is 2.40. The molecule has 0 fully saturated rings. The molecule has 9 nitrogen and oxygen atoms in total. The van der Waals surface area contributed by atoms with Crippen LogP contribution in [0.2, 0.25) is 0 Å². The molecule has 0 aliphatic heterocycles. The Morgan fingerprint density at radius 3 is 2.37 bits per heavy atom. The third kappa shape index (κ3) is 5.53. The smallest absolute Gasteiger partial charge is 0.313 e. The number of aromatic hydroxyl groups is 1. The summed E-state index contributed by atoms with van der Waals surface area (Å²) < 4.78 is 0. The molecule has 2 aromatic carbocycles. The number of phenolic OH excluding ortho intramolecular Hbond substituents is 1. The van der Waals surface area contributed by atoms with Gasteiger partial charge in [-0.3, -0.25) is 19.6 Å². The Labute approximate surface area is 155 Å². The highest BCUT2D eigenvalue weighted by Crippen LogP contribution is 2.21. The van der Waals surface area contributed by atoms with Gasteiger partial charge in [0.25, 0.3) is 5.91 Å². The van der Waals surface area contributed by atoms with E-state index in [9.17, 15) is 19.5 Å². The number of hydrogen-bond donors (Lipinski definition) is 6. The number of nitrogens with one attached hydrogen (secondary N) is 3. The van der Waals surface area contributed by atoms with Crippen LogP contribution in [0.15, 0.2) is 48.5 Å². The fraction of sp³-hybridized carbons (Fsp3) is 0.167. The molecule has 0 saturated carbocycles. The van der Waals surface area contributed by atoms with Gasteiger partial charge in [0.15, 0.2) is 0 Å². The van der Waals surface area contributed by atoms with Crippen molar-refractivity contribution in [2.75, 3.05) is 5.32 Å². The second-order valence-corrected chi connectivity index (χ2v) is 5.69. The number of carbonyl (C=O) groups excluding carboxylic acids is 3. The molecule has 0 heterocycles. The summed E-state index contributed by atoms with van der Waals surface area (Å²) in [6.45, 7) is 0.0844. The van der Waals surface area contributed by atoms with E-state index in [1.165, 1.54) is 23.7 Å². The lowest BCUT2D eigenvalue weighted by molar-refractivity contribution is -0.139. The number of hydroxylamine groups is 1. The highest BCUT2D eigenvalue weighted by molar-refractivity contribution is 6.40. The molecule has 0 aromatic heterocycles. The maximum absolute atomic E-state index is 12.2. The average Bonchev–Trinajstić information content (AvgIpc) is 2.67. The van der Waals surface area contributed by atoms with Gasteiger partial charge < -0.3 is 21.5 Å². The summed E-state index contributed by atoms with van der Waals surface area (Å²) in [6.07, 6.45) is 0.0758. The van der Waals surface area contributed by atoms with Gasteiger partial charge in [-0.25, -0.2) is 5.48 Å². The first-order chi connectivity index (χ1) is 12.9. The van der Waals surface area contributed by atoms with Gasteiger partial charge in [-0.1, -0.05) is 36.4 Å². The van der Waals surface area contributed by atoms with Crippen LogP contribution in [0.1, 0.15) is 11.1 Å². The van der Waals surface area contributed by atoms with Crippen LogP contribution in [0.25, 0.3) is 0 Å². The Morgan fingerprint density at radius 1 is 1.04 bits per heavy atom. The van der Waals surface area contributed by atoms with Crippen molar-refractivity contribution in [2.45, 2.75) is 19.0 Å². The molecule has 0 bridgehead atoms. The molecule has 0 aliphatic rings. The Hall–Kier alpha value is -3.43. The zero-order chi connectivity index (χ0) is 19.8. The normalized spacial score (nSPS) is 11.3. The predicted molar refractivity (Wildman–Crippen MR) is 96.6 cm³/mol. The first-order valence-corrected chi connectivity index (χ1v) is 8.06. The average molecular weight is 372 g/mol. The number of rotatable bonds is 6. The van der Waals surface area contributed by atoms with E-state index in [0.717, 1.165) is 5.56 Å². The minimum Gasteiger partial charge on any atom is -0.508 e. The maximum atomic E-state index is 12.2. The topological polar surface area (TPSA) is 154 Å². The molecule has 3 amide bonds. The quantitative estimate of drug-likeness (QED) is 0.239. The van der Waals surface area contributed by atoms with Crippen LogP contribution < -0.4 is 21.8 Å². The van der Waals surface area contributed by atoms with E-state index >= 15 is 0 Å². The summed E-state index contributed by atoms with van der Waals surface area (Å²) in [7, 11) is 0. The molecular formula is C18H20N4O5. The number of phenols is 1. The molecule has 27 heavy (non-hydrogen) atoms. The molecule has 1 atom stereocenters. The Bertz CT molecular complexity index is 826. The largest absolute Gasteiger partial charge is 0.508 e. The molecule has 0 spiro atoms. The predicted octanol–water partition coefficient (Wildman–Crippen LogP) is 0.0223. The molecule has 2 rings (SSSR count). The Balaban J connectivity index is 2.09. The highest BCUT2D eigenvalue weighted by Gasteiger charge is 2.25. The van der Waals surface area contributed by atoms with Crippen molar-refractivity contribution < 1.29 is 24.7 Å². The Morgan fingerprint density at radius 2 is 1.74 bits per heavy atom. The van der Waals surface area contributed by atoms with Crippen LogP contribution in [0.5, 0.6) is 5.75 Å². The number of amides is 3. The summed E-state index contributed by atoms with van der Waals surface area (Å²) in [5.41, 5.74) is 8.46. The fourth-order valence-corrected chi connectivity index (χ4v) is 2.40. The summed E-state index contributed by atoms with van der Waals surface area (Å²) in [5, 5.41) is 23.0. The standard InChI is InChI=1S/C18H20N4O5/c19-10-12-6-7-13(23)9-14(12)20-17(25)18(26)21-15(16(24)22-27)8-11-4-2-1-3-5-11/h1-7,9,15,23,27H,8,10,19H2,(H,20,25)(H,21,26)(H,22,24)/t15-/m0/s1. The van der Waals surface area contributed by atoms with Crippen LogP contribution in [0.3, 0.4) is 0 Å². The van der Waals surface area contributed by atoms with Crippen molar-refractivity contribution in [3.63, 3.8) is 0 Å². The first kappa shape index (κ1) is 19.9. The van der Waals surface area contributed by atoms with Crippen LogP contribution >= 0.6 is 0 Å². The monoisotopic (exact) mass is 372 g/mol. The molecule has 0 unspecified atom stereocenters. The van der Waals surface area contributed by atoms with E-state index in [2.05, 4.69) is 10.6 Å². The summed E-state index contributed by atoms with van der Waals surface area (Å²) in [5.74, 6) is -3.09. The van der Waals surface area contributed by atoms with Crippen molar-refractivity contribution in [3.8, 4) is 5.75 Å². The van der Waals surface area contributed by atoms with E-state index in [4.69, 9.17) is 10.9 Å². The van der Waals surface area contributed by atoms with E-state index in [0.29, 0.717) is 5.56 Å². The third-order valence-electron chi connectivity index (χ3n) is 3.78. The van der Waals surface area contributed by atoms with E-state index in [-0.39, 0.29) is 24.4 Å². The second-order valence-electron chi connectivity index (χ2n) is 5.69. The van der Waals surface area contributed by atoms with Crippen LogP contribution in [0, 0.1) is 0 Å². The van der Waals surface area contributed by atoms with Crippen molar-refractivity contribution in [1.82, 2.24) is 10.8 Å². The number of nitrogens with two attached hydrogens (primary N) is 1. The van der Waals surface area contributed by atoms with Crippen molar-refractivity contribution in [1.29, 1.82) is 0 Å². The lowest BCUT2D eigenvalue weighted by Crippen LogP contribution is -2.50. The van der Waals surface area contributed by atoms with Crippen molar-refractivity contribution >= 4 is 23.4 Å². The number of carbonyl (C=O) groups is 3. The molecule has 7 N–H and O–H groups in total. The van der Waals surface area contributed by atoms with Gasteiger partial charge in [0.2, 0.25) is 0 Å². The van der Waals surface area contributed by atoms with E-state index in [1.807, 2.05) is 0 Å². The summed E-state index contributed by atoms with van der Waals surface area (Å²) in [6, 6.07) is 11.8. The zero-order valence-corrected chi connectivity index (χ0v) is 14.3. The van der Waals surface area contributed by atoms with Gasteiger partial charge in [0, 0.05) is 24.7 Å². The molecular weight excluding hydrogens is 352 g/mol. The van der Waals surface area contributed by atoms with Gasteiger partial charge in [-0.2, -0.15) is 0 Å². The number of anilines is 1.